The first kappa shape index (κ1) is 17.2. The van der Waals surface area contributed by atoms with Gasteiger partial charge in [-0.05, 0) is 24.6 Å². The molecule has 2 rings (SSSR count). The van der Waals surface area contributed by atoms with Crippen molar-refractivity contribution in [1.29, 1.82) is 0 Å². The van der Waals surface area contributed by atoms with Crippen molar-refractivity contribution >= 4 is 25.7 Å². The van der Waals surface area contributed by atoms with Crippen molar-refractivity contribution in [2.75, 3.05) is 39.5 Å². The van der Waals surface area contributed by atoms with Gasteiger partial charge in [0, 0.05) is 30.3 Å². The average Bonchev–Trinajstić information content (AvgIpc) is 2.47. The number of benzene rings is 1. The maximum absolute atomic E-state index is 12.0. The Kier molecular flexibility index (Phi) is 5.80. The standard InChI is InChI=1S/C14H18ClNO5S/c1-11-2-3-12(10-13(11)22(15,18)19)14(17)21-9-6-16-4-7-20-8-5-16/h2-3,10H,4-9H2,1H3. The van der Waals surface area contributed by atoms with Gasteiger partial charge in [0.2, 0.25) is 0 Å². The summed E-state index contributed by atoms with van der Waals surface area (Å²) in [6, 6.07) is 4.31. The predicted octanol–water partition coefficient (Wildman–Crippen LogP) is 1.41. The van der Waals surface area contributed by atoms with Crippen LogP contribution in [0.5, 0.6) is 0 Å². The number of esters is 1. The zero-order chi connectivity index (χ0) is 16.2. The Morgan fingerprint density at radius 3 is 2.68 bits per heavy atom. The van der Waals surface area contributed by atoms with E-state index in [0.717, 1.165) is 13.1 Å². The van der Waals surface area contributed by atoms with Crippen LogP contribution in [0.1, 0.15) is 15.9 Å². The second-order valence-electron chi connectivity index (χ2n) is 5.01. The summed E-state index contributed by atoms with van der Waals surface area (Å²) in [5.74, 6) is -0.560. The van der Waals surface area contributed by atoms with Crippen LogP contribution in [-0.4, -0.2) is 58.7 Å². The number of nitrogens with zero attached hydrogens (tertiary/aromatic N) is 1. The van der Waals surface area contributed by atoms with Crippen molar-refractivity contribution in [3.63, 3.8) is 0 Å². The predicted molar refractivity (Wildman–Crippen MR) is 81.8 cm³/mol. The van der Waals surface area contributed by atoms with Crippen LogP contribution in [0.3, 0.4) is 0 Å². The molecule has 22 heavy (non-hydrogen) atoms. The minimum absolute atomic E-state index is 0.0724. The van der Waals surface area contributed by atoms with E-state index in [-0.39, 0.29) is 17.1 Å². The lowest BCUT2D eigenvalue weighted by Gasteiger charge is -2.26. The number of halogens is 1. The Hall–Kier alpha value is -1.15. The van der Waals surface area contributed by atoms with Crippen LogP contribution in [0.15, 0.2) is 23.1 Å². The molecule has 0 aliphatic carbocycles. The van der Waals surface area contributed by atoms with E-state index in [2.05, 4.69) is 4.90 Å². The Labute approximate surface area is 134 Å². The molecule has 0 saturated carbocycles. The number of carbonyl (C=O) groups is 1. The molecule has 0 aromatic heterocycles. The molecule has 122 valence electrons. The quantitative estimate of drug-likeness (QED) is 0.592. The molecule has 0 radical (unpaired) electrons. The number of morpholine rings is 1. The monoisotopic (exact) mass is 347 g/mol. The number of hydrogen-bond acceptors (Lipinski definition) is 6. The van der Waals surface area contributed by atoms with Crippen molar-refractivity contribution in [2.45, 2.75) is 11.8 Å². The molecule has 0 N–H and O–H groups in total. The van der Waals surface area contributed by atoms with Crippen LogP contribution in [-0.2, 0) is 18.5 Å². The van der Waals surface area contributed by atoms with Gasteiger partial charge in [0.15, 0.2) is 0 Å². The molecular formula is C14H18ClNO5S. The molecule has 0 spiro atoms. The molecule has 1 saturated heterocycles. The molecule has 0 amide bonds. The minimum atomic E-state index is -3.88. The summed E-state index contributed by atoms with van der Waals surface area (Å²) in [6.45, 7) is 5.49. The lowest BCUT2D eigenvalue weighted by molar-refractivity contribution is 0.0195. The lowest BCUT2D eigenvalue weighted by Crippen LogP contribution is -2.38. The summed E-state index contributed by atoms with van der Waals surface area (Å²) in [6.07, 6.45) is 0. The Morgan fingerprint density at radius 2 is 2.05 bits per heavy atom. The fraction of sp³-hybridized carbons (Fsp3) is 0.500. The van der Waals surface area contributed by atoms with Crippen LogP contribution >= 0.6 is 10.7 Å². The van der Waals surface area contributed by atoms with Gasteiger partial charge in [0.05, 0.1) is 23.7 Å². The Balaban J connectivity index is 1.95. The third kappa shape index (κ3) is 4.67. The summed E-state index contributed by atoms with van der Waals surface area (Å²) < 4.78 is 33.3. The smallest absolute Gasteiger partial charge is 0.338 e. The molecule has 0 atom stereocenters. The Bertz CT molecular complexity index is 641. The van der Waals surface area contributed by atoms with Crippen LogP contribution in [0.25, 0.3) is 0 Å². The highest BCUT2D eigenvalue weighted by molar-refractivity contribution is 8.13. The van der Waals surface area contributed by atoms with Crippen molar-refractivity contribution in [2.24, 2.45) is 0 Å². The van der Waals surface area contributed by atoms with E-state index in [0.29, 0.717) is 25.3 Å². The van der Waals surface area contributed by atoms with E-state index in [1.54, 1.807) is 6.92 Å². The van der Waals surface area contributed by atoms with Crippen LogP contribution in [0, 0.1) is 6.92 Å². The van der Waals surface area contributed by atoms with Crippen molar-refractivity contribution in [3.8, 4) is 0 Å². The molecule has 0 unspecified atom stereocenters. The van der Waals surface area contributed by atoms with Crippen molar-refractivity contribution < 1.29 is 22.7 Å². The molecule has 8 heteroatoms. The highest BCUT2D eigenvalue weighted by Crippen LogP contribution is 2.21. The van der Waals surface area contributed by atoms with Crippen LogP contribution in [0.2, 0.25) is 0 Å². The Morgan fingerprint density at radius 1 is 1.36 bits per heavy atom. The third-order valence-electron chi connectivity index (χ3n) is 3.43. The van der Waals surface area contributed by atoms with Crippen molar-refractivity contribution in [1.82, 2.24) is 4.90 Å². The van der Waals surface area contributed by atoms with Gasteiger partial charge in [-0.15, -0.1) is 0 Å². The fourth-order valence-electron chi connectivity index (χ4n) is 2.17. The van der Waals surface area contributed by atoms with E-state index in [9.17, 15) is 13.2 Å². The first-order valence-electron chi connectivity index (χ1n) is 6.90. The topological polar surface area (TPSA) is 72.9 Å². The van der Waals surface area contributed by atoms with Gasteiger partial charge in [0.25, 0.3) is 9.05 Å². The maximum atomic E-state index is 12.0. The van der Waals surface area contributed by atoms with Gasteiger partial charge >= 0.3 is 5.97 Å². The second-order valence-corrected chi connectivity index (χ2v) is 7.54. The molecule has 0 bridgehead atoms. The zero-order valence-electron chi connectivity index (χ0n) is 12.2. The highest BCUT2D eigenvalue weighted by Gasteiger charge is 2.17. The van der Waals surface area contributed by atoms with E-state index < -0.39 is 15.0 Å². The largest absolute Gasteiger partial charge is 0.461 e. The molecule has 1 aromatic rings. The summed E-state index contributed by atoms with van der Waals surface area (Å²) in [4.78, 5) is 14.0. The van der Waals surface area contributed by atoms with Gasteiger partial charge in [-0.25, -0.2) is 13.2 Å². The molecule has 1 aromatic carbocycles. The molecule has 1 aliphatic heterocycles. The summed E-state index contributed by atoms with van der Waals surface area (Å²) in [5, 5.41) is 0. The van der Waals surface area contributed by atoms with Gasteiger partial charge < -0.3 is 9.47 Å². The fourth-order valence-corrected chi connectivity index (χ4v) is 3.38. The van der Waals surface area contributed by atoms with E-state index in [1.165, 1.54) is 18.2 Å². The average molecular weight is 348 g/mol. The van der Waals surface area contributed by atoms with Gasteiger partial charge in [-0.2, -0.15) is 0 Å². The molecule has 6 nitrogen and oxygen atoms in total. The molecule has 1 fully saturated rings. The molecule has 1 heterocycles. The van der Waals surface area contributed by atoms with Crippen LogP contribution in [0.4, 0.5) is 0 Å². The van der Waals surface area contributed by atoms with Crippen LogP contribution < -0.4 is 0 Å². The number of rotatable bonds is 5. The SMILES string of the molecule is Cc1ccc(C(=O)OCCN2CCOCC2)cc1S(=O)(=O)Cl. The third-order valence-corrected chi connectivity index (χ3v) is 4.89. The maximum Gasteiger partial charge on any atom is 0.338 e. The van der Waals surface area contributed by atoms with E-state index in [1.807, 2.05) is 0 Å². The normalized spacial score (nSPS) is 16.5. The lowest BCUT2D eigenvalue weighted by atomic mass is 10.1. The van der Waals surface area contributed by atoms with Gasteiger partial charge in [0.1, 0.15) is 6.61 Å². The first-order valence-corrected chi connectivity index (χ1v) is 9.21. The number of carbonyl (C=O) groups excluding carboxylic acids is 1. The van der Waals surface area contributed by atoms with Crippen molar-refractivity contribution in [3.05, 3.63) is 29.3 Å². The minimum Gasteiger partial charge on any atom is -0.461 e. The van der Waals surface area contributed by atoms with Gasteiger partial charge in [-0.1, -0.05) is 6.07 Å². The molecular weight excluding hydrogens is 330 g/mol. The first-order chi connectivity index (χ1) is 10.4. The highest BCUT2D eigenvalue weighted by atomic mass is 35.7. The summed E-state index contributed by atoms with van der Waals surface area (Å²) in [7, 11) is 1.46. The second kappa shape index (κ2) is 7.41. The zero-order valence-corrected chi connectivity index (χ0v) is 13.8. The van der Waals surface area contributed by atoms with E-state index in [4.69, 9.17) is 20.2 Å². The summed E-state index contributed by atoms with van der Waals surface area (Å²) in [5.41, 5.74) is 0.659. The van der Waals surface area contributed by atoms with E-state index >= 15 is 0 Å². The summed E-state index contributed by atoms with van der Waals surface area (Å²) >= 11 is 0. The molecule has 1 aliphatic rings. The number of aryl methyl sites for hydroxylation is 1. The number of hydrogen-bond donors (Lipinski definition) is 0. The number of ether oxygens (including phenoxy) is 2. The van der Waals surface area contributed by atoms with Gasteiger partial charge in [-0.3, -0.25) is 4.90 Å².